The van der Waals surface area contributed by atoms with Crippen molar-refractivity contribution in [2.45, 2.75) is 57.0 Å². The van der Waals surface area contributed by atoms with Crippen LogP contribution in [-0.2, 0) is 10.0 Å². The van der Waals surface area contributed by atoms with Crippen LogP contribution in [0.25, 0.3) is 0 Å². The predicted octanol–water partition coefficient (Wildman–Crippen LogP) is 2.19. The summed E-state index contributed by atoms with van der Waals surface area (Å²) in [5.74, 6) is -1.37. The number of sulfonamides is 1. The van der Waals surface area contributed by atoms with E-state index in [1.807, 2.05) is 0 Å². The molecular formula is C11H20FNO2S. The van der Waals surface area contributed by atoms with Crippen LogP contribution in [0.4, 0.5) is 4.39 Å². The first-order valence-corrected chi connectivity index (χ1v) is 7.61. The second kappa shape index (κ2) is 3.95. The Balaban J connectivity index is 2.12. The van der Waals surface area contributed by atoms with E-state index in [1.165, 1.54) is 0 Å². The lowest BCUT2D eigenvalue weighted by Gasteiger charge is -2.29. The van der Waals surface area contributed by atoms with Gasteiger partial charge in [-0.05, 0) is 51.9 Å². The minimum Gasteiger partial charge on any atom is -0.225 e. The molecule has 0 aromatic carbocycles. The summed E-state index contributed by atoms with van der Waals surface area (Å²) in [4.78, 5) is 0. The van der Waals surface area contributed by atoms with Crippen molar-refractivity contribution < 1.29 is 12.8 Å². The highest BCUT2D eigenvalue weighted by Gasteiger charge is 2.52. The van der Waals surface area contributed by atoms with E-state index in [1.54, 1.807) is 13.8 Å². The fourth-order valence-electron chi connectivity index (χ4n) is 2.58. The third-order valence-electron chi connectivity index (χ3n) is 3.77. The lowest BCUT2D eigenvalue weighted by Crippen LogP contribution is -2.50. The van der Waals surface area contributed by atoms with Gasteiger partial charge in [0.15, 0.2) is 5.79 Å². The lowest BCUT2D eigenvalue weighted by atomic mass is 9.96. The van der Waals surface area contributed by atoms with Crippen LogP contribution in [-0.4, -0.2) is 19.5 Å². The van der Waals surface area contributed by atoms with E-state index in [4.69, 9.17) is 0 Å². The van der Waals surface area contributed by atoms with Gasteiger partial charge >= 0.3 is 0 Å². The Labute approximate surface area is 96.9 Å². The van der Waals surface area contributed by atoms with Crippen LogP contribution in [0.5, 0.6) is 0 Å². The Hall–Kier alpha value is -0.160. The standard InChI is InChI=1S/C11H20FNO2S/c1-8(2)16(14,15)13-11(12)7-3-4-10(11)9-5-6-9/h8-10,13H,3-7H2,1-2H3/t10-,11-/m1/s1. The molecule has 0 aromatic rings. The van der Waals surface area contributed by atoms with Crippen molar-refractivity contribution in [1.29, 1.82) is 0 Å². The van der Waals surface area contributed by atoms with Crippen molar-refractivity contribution in [1.82, 2.24) is 4.72 Å². The van der Waals surface area contributed by atoms with Crippen molar-refractivity contribution in [3.63, 3.8) is 0 Å². The number of alkyl halides is 1. The molecule has 16 heavy (non-hydrogen) atoms. The molecule has 2 atom stereocenters. The van der Waals surface area contributed by atoms with Crippen LogP contribution in [0.3, 0.4) is 0 Å². The van der Waals surface area contributed by atoms with Gasteiger partial charge in [0.1, 0.15) is 0 Å². The van der Waals surface area contributed by atoms with Gasteiger partial charge in [-0.25, -0.2) is 12.8 Å². The Bertz CT molecular complexity index is 364. The number of hydrogen-bond acceptors (Lipinski definition) is 2. The van der Waals surface area contributed by atoms with E-state index >= 15 is 0 Å². The topological polar surface area (TPSA) is 46.2 Å². The van der Waals surface area contributed by atoms with Crippen molar-refractivity contribution in [3.8, 4) is 0 Å². The molecule has 0 aromatic heterocycles. The molecule has 2 aliphatic carbocycles. The zero-order valence-electron chi connectivity index (χ0n) is 9.87. The van der Waals surface area contributed by atoms with Crippen LogP contribution < -0.4 is 4.72 Å². The molecule has 2 saturated carbocycles. The molecule has 94 valence electrons. The van der Waals surface area contributed by atoms with Crippen LogP contribution in [0.1, 0.15) is 46.0 Å². The van der Waals surface area contributed by atoms with Crippen LogP contribution in [0.2, 0.25) is 0 Å². The summed E-state index contributed by atoms with van der Waals surface area (Å²) in [6, 6.07) is 0. The minimum absolute atomic E-state index is 0.0963. The molecule has 0 saturated heterocycles. The summed E-state index contributed by atoms with van der Waals surface area (Å²) in [6.45, 7) is 3.15. The maximum atomic E-state index is 14.6. The Morgan fingerprint density at radius 3 is 2.44 bits per heavy atom. The predicted molar refractivity (Wildman–Crippen MR) is 61.1 cm³/mol. The van der Waals surface area contributed by atoms with E-state index in [9.17, 15) is 12.8 Å². The van der Waals surface area contributed by atoms with Crippen LogP contribution >= 0.6 is 0 Å². The molecule has 0 amide bonds. The van der Waals surface area contributed by atoms with Crippen molar-refractivity contribution in [2.24, 2.45) is 11.8 Å². The summed E-state index contributed by atoms with van der Waals surface area (Å²) in [7, 11) is -3.50. The Kier molecular flexibility index (Phi) is 3.03. The lowest BCUT2D eigenvalue weighted by molar-refractivity contribution is 0.0829. The molecule has 0 unspecified atom stereocenters. The molecule has 3 nitrogen and oxygen atoms in total. The summed E-state index contributed by atoms with van der Waals surface area (Å²) in [5, 5.41) is -0.569. The quantitative estimate of drug-likeness (QED) is 0.776. The molecule has 2 fully saturated rings. The van der Waals surface area contributed by atoms with Crippen molar-refractivity contribution >= 4 is 10.0 Å². The highest BCUT2D eigenvalue weighted by Crippen LogP contribution is 2.50. The monoisotopic (exact) mass is 249 g/mol. The van der Waals surface area contributed by atoms with Gasteiger partial charge in [0.25, 0.3) is 0 Å². The highest BCUT2D eigenvalue weighted by atomic mass is 32.2. The van der Waals surface area contributed by atoms with Gasteiger partial charge in [0, 0.05) is 5.92 Å². The third kappa shape index (κ3) is 2.25. The Morgan fingerprint density at radius 1 is 1.31 bits per heavy atom. The Morgan fingerprint density at radius 2 is 1.94 bits per heavy atom. The molecule has 0 radical (unpaired) electrons. The highest BCUT2D eigenvalue weighted by molar-refractivity contribution is 7.90. The van der Waals surface area contributed by atoms with Gasteiger partial charge in [-0.1, -0.05) is 0 Å². The number of nitrogens with one attached hydrogen (secondary N) is 1. The summed E-state index contributed by atoms with van der Waals surface area (Å²) < 4.78 is 40.4. The molecule has 0 bridgehead atoms. The number of hydrogen-bond donors (Lipinski definition) is 1. The fourth-order valence-corrected chi connectivity index (χ4v) is 3.54. The molecule has 5 heteroatoms. The van der Waals surface area contributed by atoms with E-state index in [2.05, 4.69) is 4.72 Å². The van der Waals surface area contributed by atoms with Gasteiger partial charge < -0.3 is 0 Å². The fraction of sp³-hybridized carbons (Fsp3) is 1.00. The maximum absolute atomic E-state index is 14.6. The molecule has 2 rings (SSSR count). The third-order valence-corrected chi connectivity index (χ3v) is 5.63. The van der Waals surface area contributed by atoms with Crippen molar-refractivity contribution in [2.75, 3.05) is 0 Å². The van der Waals surface area contributed by atoms with E-state index in [0.717, 1.165) is 25.7 Å². The number of halogens is 1. The molecule has 0 heterocycles. The first kappa shape index (κ1) is 12.3. The summed E-state index contributed by atoms with van der Waals surface area (Å²) >= 11 is 0. The smallest absolute Gasteiger partial charge is 0.216 e. The van der Waals surface area contributed by atoms with Gasteiger partial charge in [-0.15, -0.1) is 0 Å². The van der Waals surface area contributed by atoms with Gasteiger partial charge in [-0.3, -0.25) is 0 Å². The molecule has 2 aliphatic rings. The van der Waals surface area contributed by atoms with Gasteiger partial charge in [0.2, 0.25) is 10.0 Å². The average molecular weight is 249 g/mol. The first-order chi connectivity index (χ1) is 7.35. The zero-order chi connectivity index (χ0) is 12.0. The largest absolute Gasteiger partial charge is 0.225 e. The van der Waals surface area contributed by atoms with E-state index in [0.29, 0.717) is 12.3 Å². The van der Waals surface area contributed by atoms with Crippen molar-refractivity contribution in [3.05, 3.63) is 0 Å². The normalized spacial score (nSPS) is 35.9. The maximum Gasteiger partial charge on any atom is 0.216 e. The van der Waals surface area contributed by atoms with E-state index in [-0.39, 0.29) is 5.92 Å². The number of rotatable bonds is 4. The van der Waals surface area contributed by atoms with Gasteiger partial charge in [0.05, 0.1) is 5.25 Å². The summed E-state index contributed by atoms with van der Waals surface area (Å²) in [5.41, 5.74) is 0. The van der Waals surface area contributed by atoms with Crippen LogP contribution in [0, 0.1) is 11.8 Å². The zero-order valence-corrected chi connectivity index (χ0v) is 10.7. The van der Waals surface area contributed by atoms with Crippen LogP contribution in [0.15, 0.2) is 0 Å². The molecule has 0 spiro atoms. The molecule has 0 aliphatic heterocycles. The molecular weight excluding hydrogens is 229 g/mol. The second-order valence-electron chi connectivity index (χ2n) is 5.39. The first-order valence-electron chi connectivity index (χ1n) is 6.07. The SMILES string of the molecule is CC(C)S(=O)(=O)N[C@]1(F)CCC[C@@H]1C1CC1. The average Bonchev–Trinajstić information content (AvgIpc) is 2.90. The minimum atomic E-state index is -3.50. The summed E-state index contributed by atoms with van der Waals surface area (Å²) in [6.07, 6.45) is 4.06. The molecule has 1 N–H and O–H groups in total. The second-order valence-corrected chi connectivity index (χ2v) is 7.63. The van der Waals surface area contributed by atoms with Gasteiger partial charge in [-0.2, -0.15) is 4.72 Å². The van der Waals surface area contributed by atoms with E-state index < -0.39 is 21.1 Å².